The van der Waals surface area contributed by atoms with Gasteiger partial charge in [0.25, 0.3) is 0 Å². The summed E-state index contributed by atoms with van der Waals surface area (Å²) in [6, 6.07) is 13.5. The van der Waals surface area contributed by atoms with Gasteiger partial charge in [-0.1, -0.05) is 12.1 Å². The fraction of sp³-hybridized carbons (Fsp3) is 0.167. The fourth-order valence-corrected chi connectivity index (χ4v) is 3.83. The first-order valence-electron chi connectivity index (χ1n) is 10.1. The Hall–Kier alpha value is -4.00. The van der Waals surface area contributed by atoms with E-state index in [0.29, 0.717) is 11.5 Å². The Morgan fingerprint density at radius 1 is 1.03 bits per heavy atom. The van der Waals surface area contributed by atoms with E-state index in [2.05, 4.69) is 20.3 Å². The second-order valence-corrected chi connectivity index (χ2v) is 7.65. The zero-order chi connectivity index (χ0) is 21.4. The minimum atomic E-state index is -0.643. The molecule has 1 aliphatic carbocycles. The van der Waals surface area contributed by atoms with E-state index >= 15 is 0 Å². The Balaban J connectivity index is 1.56. The smallest absolute Gasteiger partial charge is 0.229 e. The van der Waals surface area contributed by atoms with Crippen LogP contribution in [0.3, 0.4) is 0 Å². The minimum absolute atomic E-state index is 0.319. The van der Waals surface area contributed by atoms with Crippen molar-refractivity contribution >= 4 is 22.5 Å². The number of nitrogens with one attached hydrogen (secondary N) is 1. The first-order valence-corrected chi connectivity index (χ1v) is 10.1. The Morgan fingerprint density at radius 3 is 2.48 bits per heavy atom. The summed E-state index contributed by atoms with van der Waals surface area (Å²) in [5, 5.41) is 4.97. The highest BCUT2D eigenvalue weighted by Gasteiger charge is 2.51. The van der Waals surface area contributed by atoms with Crippen LogP contribution in [0.2, 0.25) is 0 Å². The third-order valence-electron chi connectivity index (χ3n) is 5.76. The Morgan fingerprint density at radius 2 is 1.84 bits per heavy atom. The summed E-state index contributed by atoms with van der Waals surface area (Å²) >= 11 is 0. The van der Waals surface area contributed by atoms with Gasteiger partial charge in [-0.2, -0.15) is 0 Å². The molecule has 1 fully saturated rings. The van der Waals surface area contributed by atoms with Crippen molar-refractivity contribution in [1.82, 2.24) is 15.0 Å². The van der Waals surface area contributed by atoms with Crippen LogP contribution >= 0.6 is 0 Å². The van der Waals surface area contributed by atoms with Crippen LogP contribution in [-0.4, -0.2) is 27.9 Å². The van der Waals surface area contributed by atoms with Crippen molar-refractivity contribution in [1.29, 1.82) is 0 Å². The van der Waals surface area contributed by atoms with Crippen molar-refractivity contribution in [3.05, 3.63) is 72.9 Å². The number of nitrogens with two attached hydrogens (primary N) is 1. The van der Waals surface area contributed by atoms with E-state index in [0.717, 1.165) is 46.3 Å². The van der Waals surface area contributed by atoms with Crippen LogP contribution in [-0.2, 0) is 10.2 Å². The number of carbonyl (C=O) groups is 1. The summed E-state index contributed by atoms with van der Waals surface area (Å²) in [5.41, 5.74) is 7.69. The first-order chi connectivity index (χ1) is 15.1. The summed E-state index contributed by atoms with van der Waals surface area (Å²) in [5.74, 6) is 1.81. The monoisotopic (exact) mass is 411 g/mol. The van der Waals surface area contributed by atoms with Gasteiger partial charge >= 0.3 is 0 Å². The zero-order valence-electron chi connectivity index (χ0n) is 17.0. The molecule has 0 aliphatic heterocycles. The molecule has 0 unspecified atom stereocenters. The molecular weight excluding hydrogens is 390 g/mol. The molecule has 1 saturated carbocycles. The second-order valence-electron chi connectivity index (χ2n) is 7.65. The van der Waals surface area contributed by atoms with Gasteiger partial charge in [0.2, 0.25) is 5.91 Å². The third kappa shape index (κ3) is 3.34. The van der Waals surface area contributed by atoms with Crippen molar-refractivity contribution < 1.29 is 9.53 Å². The van der Waals surface area contributed by atoms with Crippen molar-refractivity contribution in [3.63, 3.8) is 0 Å². The molecule has 3 aromatic heterocycles. The number of nitrogens with zero attached hydrogens (tertiary/aromatic N) is 3. The van der Waals surface area contributed by atoms with Gasteiger partial charge in [0.15, 0.2) is 0 Å². The van der Waals surface area contributed by atoms with Gasteiger partial charge in [0, 0.05) is 36.6 Å². The van der Waals surface area contributed by atoms with Crippen LogP contribution in [0.25, 0.3) is 21.9 Å². The van der Waals surface area contributed by atoms with Gasteiger partial charge in [0.1, 0.15) is 17.3 Å². The SMILES string of the molecule is CNc1ncc(-c2ccc(Oc3cccnc3)cc2)c2cc(C3(C(N)=O)CC3)ncc12. The number of primary amides is 1. The van der Waals surface area contributed by atoms with E-state index < -0.39 is 5.41 Å². The number of anilines is 1. The average molecular weight is 411 g/mol. The van der Waals surface area contributed by atoms with E-state index in [1.165, 1.54) is 0 Å². The normalized spacial score (nSPS) is 14.2. The standard InChI is InChI=1S/C24H21N5O2/c1-26-22-20-14-28-21(24(8-9-24)23(25)30)11-18(20)19(13-29-22)15-4-6-16(7-5-15)31-17-3-2-10-27-12-17/h2-7,10-14H,8-9H2,1H3,(H2,25,30)(H,26,29). The molecule has 0 saturated heterocycles. The lowest BCUT2D eigenvalue weighted by Gasteiger charge is -2.15. The summed E-state index contributed by atoms with van der Waals surface area (Å²) in [6.07, 6.45) is 8.45. The molecule has 5 rings (SSSR count). The minimum Gasteiger partial charge on any atom is -0.456 e. The Kier molecular flexibility index (Phi) is 4.51. The lowest BCUT2D eigenvalue weighted by atomic mass is 9.95. The highest BCUT2D eigenvalue weighted by molar-refractivity contribution is 6.02. The van der Waals surface area contributed by atoms with Crippen molar-refractivity contribution in [2.24, 2.45) is 5.73 Å². The first kappa shape index (κ1) is 19.0. The molecule has 0 radical (unpaired) electrons. The molecular formula is C24H21N5O2. The van der Waals surface area contributed by atoms with E-state index in [1.54, 1.807) is 18.6 Å². The lowest BCUT2D eigenvalue weighted by Crippen LogP contribution is -2.29. The van der Waals surface area contributed by atoms with Crippen LogP contribution in [0.15, 0.2) is 67.3 Å². The number of amides is 1. The van der Waals surface area contributed by atoms with Crippen molar-refractivity contribution in [2.75, 3.05) is 12.4 Å². The number of aromatic nitrogens is 3. The topological polar surface area (TPSA) is 103 Å². The van der Waals surface area contributed by atoms with Crippen LogP contribution in [0.5, 0.6) is 11.5 Å². The molecule has 0 atom stereocenters. The van der Waals surface area contributed by atoms with E-state index in [4.69, 9.17) is 10.5 Å². The molecule has 0 bridgehead atoms. The molecule has 1 aromatic carbocycles. The van der Waals surface area contributed by atoms with Gasteiger partial charge in [-0.3, -0.25) is 14.8 Å². The molecule has 0 spiro atoms. The molecule has 1 amide bonds. The van der Waals surface area contributed by atoms with E-state index in [-0.39, 0.29) is 5.91 Å². The second kappa shape index (κ2) is 7.36. The number of ether oxygens (including phenoxy) is 1. The number of benzene rings is 1. The lowest BCUT2D eigenvalue weighted by molar-refractivity contribution is -0.120. The largest absolute Gasteiger partial charge is 0.456 e. The molecule has 7 heteroatoms. The average Bonchev–Trinajstić information content (AvgIpc) is 3.62. The van der Waals surface area contributed by atoms with Gasteiger partial charge < -0.3 is 15.8 Å². The van der Waals surface area contributed by atoms with Crippen molar-refractivity contribution in [3.8, 4) is 22.6 Å². The van der Waals surface area contributed by atoms with Gasteiger partial charge in [-0.05, 0) is 54.1 Å². The number of rotatable bonds is 6. The number of pyridine rings is 3. The van der Waals surface area contributed by atoms with E-state index in [9.17, 15) is 4.79 Å². The van der Waals surface area contributed by atoms with Gasteiger partial charge in [-0.15, -0.1) is 0 Å². The highest BCUT2D eigenvalue weighted by Crippen LogP contribution is 2.48. The fourth-order valence-electron chi connectivity index (χ4n) is 3.83. The number of hydrogen-bond acceptors (Lipinski definition) is 6. The third-order valence-corrected chi connectivity index (χ3v) is 5.76. The van der Waals surface area contributed by atoms with Gasteiger partial charge in [-0.25, -0.2) is 4.98 Å². The maximum absolute atomic E-state index is 12.0. The predicted molar refractivity (Wildman–Crippen MR) is 119 cm³/mol. The zero-order valence-corrected chi connectivity index (χ0v) is 17.0. The molecule has 3 N–H and O–H groups in total. The molecule has 3 heterocycles. The van der Waals surface area contributed by atoms with Crippen LogP contribution in [0, 0.1) is 0 Å². The van der Waals surface area contributed by atoms with Crippen molar-refractivity contribution in [2.45, 2.75) is 18.3 Å². The molecule has 7 nitrogen and oxygen atoms in total. The predicted octanol–water partition coefficient (Wildman–Crippen LogP) is 4.04. The Labute approximate surface area is 179 Å². The van der Waals surface area contributed by atoms with Crippen LogP contribution in [0.1, 0.15) is 18.5 Å². The maximum atomic E-state index is 12.0. The van der Waals surface area contributed by atoms with Crippen LogP contribution < -0.4 is 15.8 Å². The quantitative estimate of drug-likeness (QED) is 0.496. The Bertz CT molecular complexity index is 1270. The highest BCUT2D eigenvalue weighted by atomic mass is 16.5. The summed E-state index contributed by atoms with van der Waals surface area (Å²) < 4.78 is 5.84. The molecule has 154 valence electrons. The number of carbonyl (C=O) groups excluding carboxylic acids is 1. The summed E-state index contributed by atoms with van der Waals surface area (Å²) in [7, 11) is 1.83. The number of fused-ring (bicyclic) bond motifs is 1. The maximum Gasteiger partial charge on any atom is 0.229 e. The van der Waals surface area contributed by atoms with Crippen LogP contribution in [0.4, 0.5) is 5.82 Å². The number of hydrogen-bond donors (Lipinski definition) is 2. The van der Waals surface area contributed by atoms with E-state index in [1.807, 2.05) is 55.7 Å². The molecule has 4 aromatic rings. The summed E-state index contributed by atoms with van der Waals surface area (Å²) in [6.45, 7) is 0. The van der Waals surface area contributed by atoms with Gasteiger partial charge in [0.05, 0.1) is 17.3 Å². The molecule has 31 heavy (non-hydrogen) atoms. The molecule has 1 aliphatic rings. The summed E-state index contributed by atoms with van der Waals surface area (Å²) in [4.78, 5) is 25.2.